The Bertz CT molecular complexity index is 470. The van der Waals surface area contributed by atoms with Crippen LogP contribution in [0, 0.1) is 20.8 Å². The lowest BCUT2D eigenvalue weighted by Crippen LogP contribution is -2.10. The summed E-state index contributed by atoms with van der Waals surface area (Å²) in [6, 6.07) is 5.94. The van der Waals surface area contributed by atoms with Gasteiger partial charge in [-0.2, -0.15) is 0 Å². The quantitative estimate of drug-likeness (QED) is 0.845. The molecule has 2 aromatic rings. The molecule has 0 saturated heterocycles. The fourth-order valence-electron chi connectivity index (χ4n) is 1.72. The summed E-state index contributed by atoms with van der Waals surface area (Å²) < 4.78 is 5.55. The summed E-state index contributed by atoms with van der Waals surface area (Å²) in [5, 5.41) is 0. The zero-order chi connectivity index (χ0) is 11.0. The second kappa shape index (κ2) is 3.83. The minimum atomic E-state index is -0.127. The third kappa shape index (κ3) is 1.98. The number of hydrogen-bond donors (Lipinski definition) is 1. The van der Waals surface area contributed by atoms with E-state index in [0.717, 1.165) is 11.5 Å². The van der Waals surface area contributed by atoms with Crippen molar-refractivity contribution in [1.82, 2.24) is 0 Å². The Morgan fingerprint density at radius 1 is 1.27 bits per heavy atom. The zero-order valence-corrected chi connectivity index (χ0v) is 10.0. The van der Waals surface area contributed by atoms with Crippen LogP contribution in [0.3, 0.4) is 0 Å². The van der Waals surface area contributed by atoms with Gasteiger partial charge in [-0.3, -0.25) is 0 Å². The van der Waals surface area contributed by atoms with E-state index in [2.05, 4.69) is 19.9 Å². The van der Waals surface area contributed by atoms with Crippen LogP contribution in [0.1, 0.15) is 32.9 Å². The number of aryl methyl sites for hydroxylation is 3. The average molecular weight is 221 g/mol. The Labute approximate surface area is 93.7 Å². The Morgan fingerprint density at radius 2 is 2.00 bits per heavy atom. The number of hydrogen-bond acceptors (Lipinski definition) is 3. The highest BCUT2D eigenvalue weighted by Gasteiger charge is 2.16. The maximum atomic E-state index is 6.16. The van der Waals surface area contributed by atoms with E-state index in [4.69, 9.17) is 10.2 Å². The van der Waals surface area contributed by atoms with Gasteiger partial charge in [-0.15, -0.1) is 11.3 Å². The normalized spacial score (nSPS) is 13.1. The fourth-order valence-corrected chi connectivity index (χ4v) is 2.76. The van der Waals surface area contributed by atoms with E-state index < -0.39 is 0 Å². The summed E-state index contributed by atoms with van der Waals surface area (Å²) in [5.41, 5.74) is 7.41. The van der Waals surface area contributed by atoms with E-state index in [0.29, 0.717) is 0 Å². The molecular formula is C12H15NOS. The summed E-state index contributed by atoms with van der Waals surface area (Å²) >= 11 is 1.74. The molecule has 0 fully saturated rings. The molecular weight excluding hydrogens is 206 g/mol. The van der Waals surface area contributed by atoms with Crippen LogP contribution in [0.4, 0.5) is 0 Å². The second-order valence-electron chi connectivity index (χ2n) is 3.83. The molecule has 0 aliphatic heterocycles. The number of nitrogens with two attached hydrogens (primary N) is 1. The van der Waals surface area contributed by atoms with E-state index in [-0.39, 0.29) is 6.04 Å². The summed E-state index contributed by atoms with van der Waals surface area (Å²) in [6.45, 7) is 6.12. The molecule has 1 atom stereocenters. The fraction of sp³-hybridized carbons (Fsp3) is 0.333. The van der Waals surface area contributed by atoms with Crippen LogP contribution in [0.25, 0.3) is 0 Å². The van der Waals surface area contributed by atoms with Crippen LogP contribution < -0.4 is 5.73 Å². The minimum Gasteiger partial charge on any atom is -0.464 e. The van der Waals surface area contributed by atoms with E-state index in [1.807, 2.05) is 19.1 Å². The van der Waals surface area contributed by atoms with Crippen molar-refractivity contribution in [1.29, 1.82) is 0 Å². The molecule has 80 valence electrons. The third-order valence-electron chi connectivity index (χ3n) is 2.43. The molecule has 2 aromatic heterocycles. The largest absolute Gasteiger partial charge is 0.464 e. The smallest absolute Gasteiger partial charge is 0.126 e. The maximum absolute atomic E-state index is 6.16. The van der Waals surface area contributed by atoms with E-state index >= 15 is 0 Å². The van der Waals surface area contributed by atoms with Gasteiger partial charge in [-0.05, 0) is 44.5 Å². The van der Waals surface area contributed by atoms with Gasteiger partial charge in [-0.25, -0.2) is 0 Å². The molecule has 2 heterocycles. The van der Waals surface area contributed by atoms with Gasteiger partial charge >= 0.3 is 0 Å². The Morgan fingerprint density at radius 3 is 2.47 bits per heavy atom. The Hall–Kier alpha value is -1.06. The van der Waals surface area contributed by atoms with Crippen molar-refractivity contribution in [2.24, 2.45) is 5.73 Å². The summed E-state index contributed by atoms with van der Waals surface area (Å²) in [4.78, 5) is 2.49. The van der Waals surface area contributed by atoms with Crippen LogP contribution in [0.5, 0.6) is 0 Å². The highest BCUT2D eigenvalue weighted by Crippen LogP contribution is 2.30. The van der Waals surface area contributed by atoms with Crippen molar-refractivity contribution in [2.45, 2.75) is 26.8 Å². The first-order valence-corrected chi connectivity index (χ1v) is 5.78. The van der Waals surface area contributed by atoms with E-state index in [1.165, 1.54) is 15.3 Å². The van der Waals surface area contributed by atoms with Gasteiger partial charge in [0.25, 0.3) is 0 Å². The highest BCUT2D eigenvalue weighted by atomic mass is 32.1. The van der Waals surface area contributed by atoms with Crippen LogP contribution in [-0.2, 0) is 0 Å². The molecule has 0 aromatic carbocycles. The van der Waals surface area contributed by atoms with Crippen molar-refractivity contribution in [3.8, 4) is 0 Å². The van der Waals surface area contributed by atoms with Gasteiger partial charge in [0.2, 0.25) is 0 Å². The first-order valence-electron chi connectivity index (χ1n) is 4.97. The third-order valence-corrected chi connectivity index (χ3v) is 3.67. The lowest BCUT2D eigenvalue weighted by molar-refractivity contribution is 0.467. The molecule has 0 aliphatic carbocycles. The lowest BCUT2D eigenvalue weighted by atomic mass is 10.1. The van der Waals surface area contributed by atoms with Gasteiger partial charge < -0.3 is 10.2 Å². The average Bonchev–Trinajstić information content (AvgIpc) is 2.71. The monoisotopic (exact) mass is 221 g/mol. The number of furan rings is 1. The number of thiophene rings is 1. The van der Waals surface area contributed by atoms with Crippen LogP contribution >= 0.6 is 11.3 Å². The molecule has 2 rings (SSSR count). The highest BCUT2D eigenvalue weighted by molar-refractivity contribution is 7.12. The Balaban J connectivity index is 2.35. The molecule has 2 nitrogen and oxygen atoms in total. The molecule has 0 aliphatic rings. The van der Waals surface area contributed by atoms with Crippen molar-refractivity contribution in [3.05, 3.63) is 45.0 Å². The molecule has 0 bridgehead atoms. The topological polar surface area (TPSA) is 39.2 Å². The van der Waals surface area contributed by atoms with Crippen molar-refractivity contribution in [2.75, 3.05) is 0 Å². The molecule has 2 N–H and O–H groups in total. The molecule has 0 amide bonds. The summed E-state index contributed by atoms with van der Waals surface area (Å²) in [6.07, 6.45) is 0. The van der Waals surface area contributed by atoms with Crippen LogP contribution in [0.2, 0.25) is 0 Å². The predicted molar refractivity (Wildman–Crippen MR) is 63.3 cm³/mol. The van der Waals surface area contributed by atoms with Crippen molar-refractivity contribution >= 4 is 11.3 Å². The standard InChI is InChI=1S/C12H15NOS/c1-7-6-9(3)15-12(7)11(13)10-5-4-8(2)14-10/h4-6,11H,13H2,1-3H3. The minimum absolute atomic E-state index is 0.127. The molecule has 0 spiro atoms. The predicted octanol–water partition coefficient (Wildman–Crippen LogP) is 3.31. The van der Waals surface area contributed by atoms with Crippen LogP contribution in [-0.4, -0.2) is 0 Å². The zero-order valence-electron chi connectivity index (χ0n) is 9.20. The van der Waals surface area contributed by atoms with Crippen molar-refractivity contribution in [3.63, 3.8) is 0 Å². The van der Waals surface area contributed by atoms with Crippen LogP contribution in [0.15, 0.2) is 22.6 Å². The van der Waals surface area contributed by atoms with Gasteiger partial charge in [0, 0.05) is 9.75 Å². The molecule has 0 saturated carbocycles. The summed E-state index contributed by atoms with van der Waals surface area (Å²) in [7, 11) is 0. The van der Waals surface area contributed by atoms with Gasteiger partial charge in [0.15, 0.2) is 0 Å². The maximum Gasteiger partial charge on any atom is 0.126 e. The molecule has 1 unspecified atom stereocenters. The van der Waals surface area contributed by atoms with E-state index in [1.54, 1.807) is 11.3 Å². The van der Waals surface area contributed by atoms with E-state index in [9.17, 15) is 0 Å². The molecule has 0 radical (unpaired) electrons. The first kappa shape index (κ1) is 10.5. The lowest BCUT2D eigenvalue weighted by Gasteiger charge is -2.07. The Kier molecular flexibility index (Phi) is 2.67. The van der Waals surface area contributed by atoms with Gasteiger partial charge in [0.1, 0.15) is 11.5 Å². The summed E-state index contributed by atoms with van der Waals surface area (Å²) in [5.74, 6) is 1.75. The molecule has 15 heavy (non-hydrogen) atoms. The van der Waals surface area contributed by atoms with Crippen molar-refractivity contribution < 1.29 is 4.42 Å². The molecule has 3 heteroatoms. The van der Waals surface area contributed by atoms with Gasteiger partial charge in [-0.1, -0.05) is 0 Å². The first-order chi connectivity index (χ1) is 7.08. The SMILES string of the molecule is Cc1ccc(C(N)c2sc(C)cc2C)o1. The number of rotatable bonds is 2. The second-order valence-corrected chi connectivity index (χ2v) is 5.12. The van der Waals surface area contributed by atoms with Gasteiger partial charge in [0.05, 0.1) is 6.04 Å².